The highest BCUT2D eigenvalue weighted by molar-refractivity contribution is 5.92. The standard InChI is InChI=1S/C12H15N3O2/c1-14-6-5-12(16)15-10-4-3-9(8-13)7-11(10)17-2/h3-4,7,14H,5-6H2,1-2H3,(H,15,16). The van der Waals surface area contributed by atoms with E-state index in [1.54, 1.807) is 25.2 Å². The average Bonchev–Trinajstić information content (AvgIpc) is 2.36. The maximum absolute atomic E-state index is 11.5. The molecule has 0 aliphatic heterocycles. The van der Waals surface area contributed by atoms with E-state index in [-0.39, 0.29) is 5.91 Å². The zero-order chi connectivity index (χ0) is 12.7. The minimum absolute atomic E-state index is 0.0950. The molecule has 1 aromatic carbocycles. The zero-order valence-corrected chi connectivity index (χ0v) is 9.91. The molecule has 0 atom stereocenters. The highest BCUT2D eigenvalue weighted by Gasteiger charge is 2.07. The van der Waals surface area contributed by atoms with Crippen LogP contribution in [0.15, 0.2) is 18.2 Å². The molecule has 0 radical (unpaired) electrons. The molecule has 90 valence electrons. The minimum atomic E-state index is -0.0950. The van der Waals surface area contributed by atoms with Gasteiger partial charge in [0.25, 0.3) is 0 Å². The van der Waals surface area contributed by atoms with E-state index in [9.17, 15) is 4.79 Å². The van der Waals surface area contributed by atoms with Gasteiger partial charge in [0.2, 0.25) is 5.91 Å². The van der Waals surface area contributed by atoms with Crippen molar-refractivity contribution in [2.45, 2.75) is 6.42 Å². The summed E-state index contributed by atoms with van der Waals surface area (Å²) in [4.78, 5) is 11.5. The molecule has 17 heavy (non-hydrogen) atoms. The largest absolute Gasteiger partial charge is 0.495 e. The summed E-state index contributed by atoms with van der Waals surface area (Å²) in [6, 6.07) is 6.90. The van der Waals surface area contributed by atoms with Crippen molar-refractivity contribution in [1.29, 1.82) is 5.26 Å². The third-order valence-electron chi connectivity index (χ3n) is 2.21. The molecule has 5 nitrogen and oxygen atoms in total. The van der Waals surface area contributed by atoms with Gasteiger partial charge in [-0.15, -0.1) is 0 Å². The second-order valence-corrected chi connectivity index (χ2v) is 3.43. The Morgan fingerprint density at radius 1 is 1.53 bits per heavy atom. The van der Waals surface area contributed by atoms with Crippen molar-refractivity contribution >= 4 is 11.6 Å². The second-order valence-electron chi connectivity index (χ2n) is 3.43. The molecule has 0 spiro atoms. The summed E-state index contributed by atoms with van der Waals surface area (Å²) in [5.41, 5.74) is 1.07. The third-order valence-corrected chi connectivity index (χ3v) is 2.21. The number of benzene rings is 1. The molecule has 0 fully saturated rings. The highest BCUT2D eigenvalue weighted by atomic mass is 16.5. The van der Waals surface area contributed by atoms with Gasteiger partial charge in [0.15, 0.2) is 0 Å². The lowest BCUT2D eigenvalue weighted by Gasteiger charge is -2.10. The van der Waals surface area contributed by atoms with Gasteiger partial charge in [-0.25, -0.2) is 0 Å². The van der Waals surface area contributed by atoms with Gasteiger partial charge in [-0.05, 0) is 19.2 Å². The monoisotopic (exact) mass is 233 g/mol. The van der Waals surface area contributed by atoms with E-state index in [1.807, 2.05) is 6.07 Å². The second kappa shape index (κ2) is 6.51. The summed E-state index contributed by atoms with van der Waals surface area (Å²) in [5, 5.41) is 14.4. The summed E-state index contributed by atoms with van der Waals surface area (Å²) in [7, 11) is 3.29. The molecule has 0 bridgehead atoms. The first-order valence-electron chi connectivity index (χ1n) is 5.24. The van der Waals surface area contributed by atoms with E-state index in [2.05, 4.69) is 10.6 Å². The molecular formula is C12H15N3O2. The fourth-order valence-corrected chi connectivity index (χ4v) is 1.32. The van der Waals surface area contributed by atoms with Crippen molar-refractivity contribution in [3.8, 4) is 11.8 Å². The Labute approximate surface area is 100 Å². The normalized spacial score (nSPS) is 9.47. The third kappa shape index (κ3) is 3.78. The topological polar surface area (TPSA) is 74.2 Å². The van der Waals surface area contributed by atoms with Gasteiger partial charge in [-0.3, -0.25) is 4.79 Å². The van der Waals surface area contributed by atoms with Gasteiger partial charge in [0, 0.05) is 19.0 Å². The lowest BCUT2D eigenvalue weighted by Crippen LogP contribution is -2.19. The van der Waals surface area contributed by atoms with Crippen LogP contribution in [0.3, 0.4) is 0 Å². The Morgan fingerprint density at radius 3 is 2.88 bits per heavy atom. The molecule has 0 aliphatic rings. The SMILES string of the molecule is CNCCC(=O)Nc1ccc(C#N)cc1OC. The summed E-state index contributed by atoms with van der Waals surface area (Å²) >= 11 is 0. The van der Waals surface area contributed by atoms with Gasteiger partial charge in [-0.2, -0.15) is 5.26 Å². The number of rotatable bonds is 5. The van der Waals surface area contributed by atoms with Gasteiger partial charge >= 0.3 is 0 Å². The highest BCUT2D eigenvalue weighted by Crippen LogP contribution is 2.25. The maximum atomic E-state index is 11.5. The Bertz CT molecular complexity index is 438. The summed E-state index contributed by atoms with van der Waals surface area (Å²) in [6.45, 7) is 0.616. The Hall–Kier alpha value is -2.06. The maximum Gasteiger partial charge on any atom is 0.225 e. The molecule has 0 saturated carbocycles. The predicted molar refractivity (Wildman–Crippen MR) is 64.9 cm³/mol. The van der Waals surface area contributed by atoms with E-state index in [4.69, 9.17) is 10.00 Å². The van der Waals surface area contributed by atoms with Crippen LogP contribution in [0.5, 0.6) is 5.75 Å². The van der Waals surface area contributed by atoms with Crippen molar-refractivity contribution < 1.29 is 9.53 Å². The van der Waals surface area contributed by atoms with Crippen molar-refractivity contribution in [2.24, 2.45) is 0 Å². The number of methoxy groups -OCH3 is 1. The fourth-order valence-electron chi connectivity index (χ4n) is 1.32. The fraction of sp³-hybridized carbons (Fsp3) is 0.333. The molecule has 0 heterocycles. The number of ether oxygens (including phenoxy) is 1. The van der Waals surface area contributed by atoms with Crippen LogP contribution in [0.1, 0.15) is 12.0 Å². The first-order valence-corrected chi connectivity index (χ1v) is 5.24. The van der Waals surface area contributed by atoms with Gasteiger partial charge in [-0.1, -0.05) is 0 Å². The van der Waals surface area contributed by atoms with Crippen LogP contribution < -0.4 is 15.4 Å². The van der Waals surface area contributed by atoms with E-state index < -0.39 is 0 Å². The molecule has 0 unspecified atom stereocenters. The Balaban J connectivity index is 2.77. The molecule has 0 aliphatic carbocycles. The molecule has 1 amide bonds. The number of nitriles is 1. The van der Waals surface area contributed by atoms with Crippen LogP contribution in [-0.2, 0) is 4.79 Å². The first kappa shape index (κ1) is 13.0. The number of carbonyl (C=O) groups excluding carboxylic acids is 1. The Kier molecular flexibility index (Phi) is 4.98. The molecule has 1 aromatic rings. The summed E-state index contributed by atoms with van der Waals surface area (Å²) in [6.07, 6.45) is 0.389. The quantitative estimate of drug-likeness (QED) is 0.799. The lowest BCUT2D eigenvalue weighted by atomic mass is 10.2. The Morgan fingerprint density at radius 2 is 2.29 bits per heavy atom. The van der Waals surface area contributed by atoms with Crippen molar-refractivity contribution in [3.63, 3.8) is 0 Å². The molecule has 1 rings (SSSR count). The number of nitrogens with one attached hydrogen (secondary N) is 2. The zero-order valence-electron chi connectivity index (χ0n) is 9.91. The summed E-state index contributed by atoms with van der Waals surface area (Å²) < 4.78 is 5.11. The molecular weight excluding hydrogens is 218 g/mol. The van der Waals surface area contributed by atoms with E-state index >= 15 is 0 Å². The number of nitrogens with zero attached hydrogens (tertiary/aromatic N) is 1. The lowest BCUT2D eigenvalue weighted by molar-refractivity contribution is -0.116. The predicted octanol–water partition coefficient (Wildman–Crippen LogP) is 1.11. The van der Waals surface area contributed by atoms with Crippen molar-refractivity contribution in [2.75, 3.05) is 26.0 Å². The molecule has 2 N–H and O–H groups in total. The van der Waals surface area contributed by atoms with Crippen LogP contribution in [0, 0.1) is 11.3 Å². The number of hydrogen-bond donors (Lipinski definition) is 2. The van der Waals surface area contributed by atoms with Crippen LogP contribution in [0.25, 0.3) is 0 Å². The average molecular weight is 233 g/mol. The van der Waals surface area contributed by atoms with Crippen molar-refractivity contribution in [1.82, 2.24) is 5.32 Å². The number of hydrogen-bond acceptors (Lipinski definition) is 4. The van der Waals surface area contributed by atoms with E-state index in [0.29, 0.717) is 30.0 Å². The molecule has 0 saturated heterocycles. The molecule has 0 aromatic heterocycles. The van der Waals surface area contributed by atoms with Crippen LogP contribution in [-0.4, -0.2) is 26.6 Å². The van der Waals surface area contributed by atoms with Crippen LogP contribution >= 0.6 is 0 Å². The van der Waals surface area contributed by atoms with Gasteiger partial charge in [0.05, 0.1) is 24.4 Å². The first-order chi connectivity index (χ1) is 8.21. The summed E-state index contributed by atoms with van der Waals surface area (Å²) in [5.74, 6) is 0.393. The smallest absolute Gasteiger partial charge is 0.225 e. The van der Waals surface area contributed by atoms with Crippen LogP contribution in [0.2, 0.25) is 0 Å². The van der Waals surface area contributed by atoms with Gasteiger partial charge in [0.1, 0.15) is 5.75 Å². The van der Waals surface area contributed by atoms with E-state index in [1.165, 1.54) is 7.11 Å². The van der Waals surface area contributed by atoms with E-state index in [0.717, 1.165) is 0 Å². The number of anilines is 1. The molecule has 5 heteroatoms. The van der Waals surface area contributed by atoms with Crippen molar-refractivity contribution in [3.05, 3.63) is 23.8 Å². The number of amides is 1. The van der Waals surface area contributed by atoms with Gasteiger partial charge < -0.3 is 15.4 Å². The van der Waals surface area contributed by atoms with Crippen LogP contribution in [0.4, 0.5) is 5.69 Å². The number of carbonyl (C=O) groups is 1. The minimum Gasteiger partial charge on any atom is -0.495 e.